The monoisotopic (exact) mass is 479 g/mol. The molecule has 7 heteroatoms. The van der Waals surface area contributed by atoms with Gasteiger partial charge in [0.15, 0.2) is 22.5 Å². The van der Waals surface area contributed by atoms with Crippen molar-refractivity contribution in [2.45, 2.75) is 50.5 Å². The Morgan fingerprint density at radius 1 is 1.00 bits per heavy atom. The van der Waals surface area contributed by atoms with Crippen LogP contribution in [0.4, 0.5) is 0 Å². The smallest absolute Gasteiger partial charge is 0.277 e. The Labute approximate surface area is 202 Å². The standard InChI is InChI=1S/C27H29NO5S/c1-4-7-20-8-5-6-9-23(20)33-26(21-12-15-24-25(16-21)32-17-31-24)27(29)28-34(30)22-13-10-19(11-14-22)18(2)3/h5-6,8-16,18,26H,4,7,17H2,1-3H3,(H,28,29). The molecule has 0 radical (unpaired) electrons. The summed E-state index contributed by atoms with van der Waals surface area (Å²) in [4.78, 5) is 13.9. The van der Waals surface area contributed by atoms with Crippen molar-refractivity contribution in [3.63, 3.8) is 0 Å². The van der Waals surface area contributed by atoms with Crippen LogP contribution in [0.2, 0.25) is 0 Å². The minimum absolute atomic E-state index is 0.131. The van der Waals surface area contributed by atoms with Crippen LogP contribution in [0.1, 0.15) is 55.9 Å². The number of nitrogens with one attached hydrogen (secondary N) is 1. The molecule has 1 amide bonds. The number of aryl methyl sites for hydroxylation is 1. The summed E-state index contributed by atoms with van der Waals surface area (Å²) < 4.78 is 32.7. The van der Waals surface area contributed by atoms with Gasteiger partial charge < -0.3 is 14.2 Å². The van der Waals surface area contributed by atoms with Gasteiger partial charge in [-0.25, -0.2) is 4.21 Å². The summed E-state index contributed by atoms with van der Waals surface area (Å²) in [6.45, 7) is 6.41. The van der Waals surface area contributed by atoms with Crippen molar-refractivity contribution in [1.82, 2.24) is 4.72 Å². The maximum atomic E-state index is 13.4. The third kappa shape index (κ3) is 5.42. The van der Waals surface area contributed by atoms with E-state index in [1.807, 2.05) is 36.4 Å². The minimum Gasteiger partial charge on any atom is -0.475 e. The molecule has 1 aliphatic heterocycles. The molecular weight excluding hydrogens is 450 g/mol. The molecule has 0 aromatic heterocycles. The van der Waals surface area contributed by atoms with E-state index in [1.165, 1.54) is 0 Å². The molecule has 0 saturated heterocycles. The minimum atomic E-state index is -1.73. The molecule has 3 aromatic rings. The Hall–Kier alpha value is -3.32. The van der Waals surface area contributed by atoms with Gasteiger partial charge in [-0.2, -0.15) is 0 Å². The van der Waals surface area contributed by atoms with Gasteiger partial charge in [0.25, 0.3) is 5.91 Å². The Kier molecular flexibility index (Phi) is 7.53. The molecule has 0 spiro atoms. The molecule has 0 saturated carbocycles. The first-order valence-electron chi connectivity index (χ1n) is 11.4. The maximum absolute atomic E-state index is 13.4. The average molecular weight is 480 g/mol. The molecule has 2 atom stereocenters. The highest BCUT2D eigenvalue weighted by molar-refractivity contribution is 7.83. The largest absolute Gasteiger partial charge is 0.475 e. The Morgan fingerprint density at radius 3 is 2.44 bits per heavy atom. The molecular formula is C27H29NO5S. The molecule has 1 N–H and O–H groups in total. The van der Waals surface area contributed by atoms with Gasteiger partial charge >= 0.3 is 0 Å². The molecule has 1 heterocycles. The number of rotatable bonds is 9. The zero-order valence-electron chi connectivity index (χ0n) is 19.6. The van der Waals surface area contributed by atoms with Crippen molar-refractivity contribution in [3.8, 4) is 17.2 Å². The molecule has 6 nitrogen and oxygen atoms in total. The Balaban J connectivity index is 1.61. The second-order valence-corrected chi connectivity index (χ2v) is 9.64. The van der Waals surface area contributed by atoms with E-state index < -0.39 is 23.0 Å². The van der Waals surface area contributed by atoms with Crippen LogP contribution in [0.25, 0.3) is 0 Å². The van der Waals surface area contributed by atoms with E-state index in [4.69, 9.17) is 14.2 Å². The van der Waals surface area contributed by atoms with E-state index in [0.717, 1.165) is 24.0 Å². The fraction of sp³-hybridized carbons (Fsp3) is 0.296. The van der Waals surface area contributed by atoms with Crippen molar-refractivity contribution >= 4 is 16.9 Å². The topological polar surface area (TPSA) is 73.9 Å². The third-order valence-electron chi connectivity index (χ3n) is 5.63. The lowest BCUT2D eigenvalue weighted by Gasteiger charge is -2.21. The van der Waals surface area contributed by atoms with Crippen molar-refractivity contribution in [3.05, 3.63) is 83.4 Å². The normalized spacial score (nSPS) is 14.0. The maximum Gasteiger partial charge on any atom is 0.277 e. The average Bonchev–Trinajstić information content (AvgIpc) is 3.31. The quantitative estimate of drug-likeness (QED) is 0.442. The lowest BCUT2D eigenvalue weighted by atomic mass is 10.0. The number of amides is 1. The van der Waals surface area contributed by atoms with Gasteiger partial charge in [0, 0.05) is 5.56 Å². The first-order valence-corrected chi connectivity index (χ1v) is 12.6. The summed E-state index contributed by atoms with van der Waals surface area (Å²) in [5.74, 6) is 1.64. The van der Waals surface area contributed by atoms with Crippen LogP contribution in [0.5, 0.6) is 17.2 Å². The van der Waals surface area contributed by atoms with Gasteiger partial charge in [0.05, 0.1) is 4.90 Å². The van der Waals surface area contributed by atoms with Gasteiger partial charge in [-0.15, -0.1) is 0 Å². The number of carbonyl (C=O) groups is 1. The van der Waals surface area contributed by atoms with Gasteiger partial charge in [0.1, 0.15) is 5.75 Å². The molecule has 4 rings (SSSR count). The van der Waals surface area contributed by atoms with Crippen LogP contribution < -0.4 is 18.9 Å². The van der Waals surface area contributed by atoms with Crippen molar-refractivity contribution in [2.24, 2.45) is 0 Å². The van der Waals surface area contributed by atoms with E-state index in [1.54, 1.807) is 30.3 Å². The SMILES string of the molecule is CCCc1ccccc1OC(C(=O)NS(=O)c1ccc(C(C)C)cc1)c1ccc2c(c1)OCO2. The molecule has 0 fully saturated rings. The van der Waals surface area contributed by atoms with Gasteiger partial charge in [-0.1, -0.05) is 63.6 Å². The highest BCUT2D eigenvalue weighted by Crippen LogP contribution is 2.36. The summed E-state index contributed by atoms with van der Waals surface area (Å²) in [7, 11) is -1.73. The van der Waals surface area contributed by atoms with Crippen molar-refractivity contribution < 1.29 is 23.2 Å². The number of fused-ring (bicyclic) bond motifs is 1. The van der Waals surface area contributed by atoms with Crippen LogP contribution in [-0.2, 0) is 22.2 Å². The lowest BCUT2D eigenvalue weighted by molar-refractivity contribution is -0.126. The van der Waals surface area contributed by atoms with E-state index in [2.05, 4.69) is 25.5 Å². The van der Waals surface area contributed by atoms with Crippen LogP contribution in [0.3, 0.4) is 0 Å². The van der Waals surface area contributed by atoms with Gasteiger partial charge in [-0.05, 0) is 53.8 Å². The van der Waals surface area contributed by atoms with E-state index in [0.29, 0.717) is 33.6 Å². The molecule has 0 aliphatic carbocycles. The zero-order valence-corrected chi connectivity index (χ0v) is 20.4. The second kappa shape index (κ2) is 10.7. The number of hydrogen-bond donors (Lipinski definition) is 1. The number of benzene rings is 3. The third-order valence-corrected chi connectivity index (χ3v) is 6.72. The van der Waals surface area contributed by atoms with Crippen LogP contribution in [0.15, 0.2) is 71.6 Å². The number of carbonyl (C=O) groups excluding carboxylic acids is 1. The van der Waals surface area contributed by atoms with Crippen molar-refractivity contribution in [1.29, 1.82) is 0 Å². The van der Waals surface area contributed by atoms with E-state index in [-0.39, 0.29) is 6.79 Å². The van der Waals surface area contributed by atoms with Crippen LogP contribution in [-0.4, -0.2) is 16.9 Å². The summed E-state index contributed by atoms with van der Waals surface area (Å²) in [6, 6.07) is 20.3. The number of hydrogen-bond acceptors (Lipinski definition) is 5. The first-order chi connectivity index (χ1) is 16.5. The van der Waals surface area contributed by atoms with E-state index in [9.17, 15) is 9.00 Å². The van der Waals surface area contributed by atoms with Crippen LogP contribution in [0, 0.1) is 0 Å². The number of ether oxygens (including phenoxy) is 3. The summed E-state index contributed by atoms with van der Waals surface area (Å²) in [6.07, 6.45) is 0.739. The highest BCUT2D eigenvalue weighted by Gasteiger charge is 2.28. The predicted molar refractivity (Wildman–Crippen MR) is 131 cm³/mol. The van der Waals surface area contributed by atoms with Gasteiger partial charge in [-0.3, -0.25) is 9.52 Å². The molecule has 2 unspecified atom stereocenters. The second-order valence-electron chi connectivity index (χ2n) is 8.43. The first kappa shape index (κ1) is 23.8. The molecule has 178 valence electrons. The molecule has 34 heavy (non-hydrogen) atoms. The summed E-state index contributed by atoms with van der Waals surface area (Å²) >= 11 is 0. The van der Waals surface area contributed by atoms with E-state index >= 15 is 0 Å². The lowest BCUT2D eigenvalue weighted by Crippen LogP contribution is -2.34. The zero-order chi connectivity index (χ0) is 24.1. The fourth-order valence-electron chi connectivity index (χ4n) is 3.75. The van der Waals surface area contributed by atoms with Crippen LogP contribution >= 0.6 is 0 Å². The summed E-state index contributed by atoms with van der Waals surface area (Å²) in [5.41, 5.74) is 2.73. The van der Waals surface area contributed by atoms with Crippen molar-refractivity contribution in [2.75, 3.05) is 6.79 Å². The molecule has 3 aromatic carbocycles. The number of para-hydroxylation sites is 1. The van der Waals surface area contributed by atoms with Gasteiger partial charge in [0.2, 0.25) is 12.9 Å². The summed E-state index contributed by atoms with van der Waals surface area (Å²) in [5, 5.41) is 0. The Bertz CT molecular complexity index is 1180. The fourth-order valence-corrected chi connectivity index (χ4v) is 4.54. The predicted octanol–water partition coefficient (Wildman–Crippen LogP) is 5.45. The Morgan fingerprint density at radius 2 is 1.71 bits per heavy atom. The highest BCUT2D eigenvalue weighted by atomic mass is 32.2. The molecule has 0 bridgehead atoms. The molecule has 1 aliphatic rings.